The van der Waals surface area contributed by atoms with E-state index >= 15 is 0 Å². The van der Waals surface area contributed by atoms with Crippen LogP contribution in [0.5, 0.6) is 5.75 Å². The molecule has 3 atom stereocenters. The van der Waals surface area contributed by atoms with E-state index in [9.17, 15) is 14.4 Å². The van der Waals surface area contributed by atoms with Gasteiger partial charge in [-0.2, -0.15) is 0 Å². The Bertz CT molecular complexity index is 901. The third-order valence-corrected chi connectivity index (χ3v) is 7.05. The first-order chi connectivity index (χ1) is 16.5. The molecular weight excluding hydrogens is 438 g/mol. The number of hydrogen-bond acceptors (Lipinski definition) is 6. The van der Waals surface area contributed by atoms with Crippen LogP contribution in [-0.2, 0) is 19.1 Å². The minimum atomic E-state index is -0.325. The molecule has 1 saturated carbocycles. The van der Waals surface area contributed by atoms with Gasteiger partial charge in [0.1, 0.15) is 18.5 Å². The number of benzene rings is 1. The molecule has 9 nitrogen and oxygen atoms in total. The van der Waals surface area contributed by atoms with Crippen LogP contribution >= 0.6 is 0 Å². The number of methoxy groups -OCH3 is 1. The van der Waals surface area contributed by atoms with Gasteiger partial charge in [-0.05, 0) is 43.9 Å². The van der Waals surface area contributed by atoms with E-state index in [2.05, 4.69) is 10.6 Å². The lowest BCUT2D eigenvalue weighted by atomic mass is 9.94. The summed E-state index contributed by atoms with van der Waals surface area (Å²) >= 11 is 0. The number of likely N-dealkylation sites (N-methyl/N-ethyl adjacent to an activating group) is 1. The Morgan fingerprint density at radius 1 is 1.18 bits per heavy atom. The number of nitrogens with zero attached hydrogens (tertiary/aromatic N) is 1. The number of fused-ring (bicyclic) bond motifs is 2. The van der Waals surface area contributed by atoms with Crippen LogP contribution in [0.2, 0.25) is 0 Å². The van der Waals surface area contributed by atoms with E-state index in [-0.39, 0.29) is 54.9 Å². The van der Waals surface area contributed by atoms with E-state index in [0.29, 0.717) is 36.6 Å². The predicted molar refractivity (Wildman–Crippen MR) is 126 cm³/mol. The second-order valence-corrected chi connectivity index (χ2v) is 9.40. The van der Waals surface area contributed by atoms with Crippen molar-refractivity contribution in [1.29, 1.82) is 0 Å². The van der Waals surface area contributed by atoms with Crippen molar-refractivity contribution in [3.8, 4) is 5.75 Å². The molecule has 2 N–H and O–H groups in total. The summed E-state index contributed by atoms with van der Waals surface area (Å²) in [5.74, 6) is 0.294. The number of carbonyl (C=O) groups excluding carboxylic acids is 3. The number of amides is 3. The van der Waals surface area contributed by atoms with Gasteiger partial charge in [-0.3, -0.25) is 14.4 Å². The van der Waals surface area contributed by atoms with E-state index < -0.39 is 0 Å². The molecule has 186 valence electrons. The smallest absolute Gasteiger partial charge is 0.257 e. The Balaban J connectivity index is 1.41. The van der Waals surface area contributed by atoms with Gasteiger partial charge in [0.05, 0.1) is 30.7 Å². The zero-order chi connectivity index (χ0) is 24.1. The zero-order valence-corrected chi connectivity index (χ0v) is 20.0. The van der Waals surface area contributed by atoms with Crippen molar-refractivity contribution in [1.82, 2.24) is 10.2 Å². The van der Waals surface area contributed by atoms with Crippen LogP contribution in [0, 0.1) is 5.92 Å². The molecule has 4 rings (SSSR count). The summed E-state index contributed by atoms with van der Waals surface area (Å²) in [4.78, 5) is 39.8. The lowest BCUT2D eigenvalue weighted by Gasteiger charge is -2.42. The summed E-state index contributed by atoms with van der Waals surface area (Å²) < 4.78 is 17.2. The van der Waals surface area contributed by atoms with Gasteiger partial charge in [0.25, 0.3) is 5.91 Å². The molecule has 0 radical (unpaired) electrons. The molecule has 1 aliphatic carbocycles. The van der Waals surface area contributed by atoms with E-state index in [4.69, 9.17) is 14.2 Å². The number of hydrogen-bond donors (Lipinski definition) is 2. The maximum Gasteiger partial charge on any atom is 0.257 e. The van der Waals surface area contributed by atoms with Gasteiger partial charge in [0.15, 0.2) is 0 Å². The highest BCUT2D eigenvalue weighted by atomic mass is 16.5. The Labute approximate surface area is 200 Å². The first-order valence-corrected chi connectivity index (χ1v) is 12.2. The average Bonchev–Trinajstić information content (AvgIpc) is 3.37. The second-order valence-electron chi connectivity index (χ2n) is 9.40. The maximum atomic E-state index is 13.3. The first-order valence-electron chi connectivity index (χ1n) is 12.2. The molecule has 1 aromatic carbocycles. The minimum Gasteiger partial charge on any atom is -0.490 e. The lowest BCUT2D eigenvalue weighted by molar-refractivity contribution is -0.134. The number of nitrogens with one attached hydrogen (secondary N) is 2. The fourth-order valence-electron chi connectivity index (χ4n) is 5.11. The molecule has 0 spiro atoms. The number of ether oxygens (including phenoxy) is 3. The quantitative estimate of drug-likeness (QED) is 0.589. The van der Waals surface area contributed by atoms with Crippen molar-refractivity contribution in [3.05, 3.63) is 23.8 Å². The van der Waals surface area contributed by atoms with Crippen LogP contribution in [0.4, 0.5) is 5.69 Å². The van der Waals surface area contributed by atoms with Gasteiger partial charge >= 0.3 is 0 Å². The summed E-state index contributed by atoms with van der Waals surface area (Å²) in [6, 6.07) is 5.06. The highest BCUT2D eigenvalue weighted by molar-refractivity contribution is 6.00. The van der Waals surface area contributed by atoms with Crippen molar-refractivity contribution in [2.45, 2.75) is 63.2 Å². The fourth-order valence-corrected chi connectivity index (χ4v) is 5.11. The first kappa shape index (κ1) is 24.5. The van der Waals surface area contributed by atoms with E-state index in [0.717, 1.165) is 32.1 Å². The molecule has 0 unspecified atom stereocenters. The van der Waals surface area contributed by atoms with E-state index in [1.807, 2.05) is 0 Å². The largest absolute Gasteiger partial charge is 0.490 e. The van der Waals surface area contributed by atoms with Gasteiger partial charge in [-0.1, -0.05) is 12.8 Å². The van der Waals surface area contributed by atoms with Crippen LogP contribution in [0.15, 0.2) is 18.2 Å². The molecule has 3 aliphatic rings. The summed E-state index contributed by atoms with van der Waals surface area (Å²) in [6.07, 6.45) is 5.14. The third-order valence-electron chi connectivity index (χ3n) is 7.05. The van der Waals surface area contributed by atoms with E-state index in [1.54, 1.807) is 37.3 Å². The molecule has 34 heavy (non-hydrogen) atoms. The SMILES string of the molecule is COCCNC(=O)C[C@@H]1CC[C@@H]2[C@@H](COc3ccc(NC(=O)C4CCCC4)cc3C(=O)N2C)O1. The molecule has 2 aliphatic heterocycles. The average molecular weight is 474 g/mol. The highest BCUT2D eigenvalue weighted by Gasteiger charge is 2.39. The van der Waals surface area contributed by atoms with Crippen molar-refractivity contribution < 1.29 is 28.6 Å². The number of anilines is 1. The standard InChI is InChI=1S/C25H35N3O6/c1-28-20-9-8-18(14-23(29)26-11-12-32-2)34-22(20)15-33-21-10-7-17(13-19(21)25(28)31)27-24(30)16-5-3-4-6-16/h7,10,13,16,18,20,22H,3-6,8-9,11-12,14-15H2,1-2H3,(H,26,29)(H,27,30)/t18-,20+,22+/m0/s1. The predicted octanol–water partition coefficient (Wildman–Crippen LogP) is 2.35. The van der Waals surface area contributed by atoms with Crippen molar-refractivity contribution in [3.63, 3.8) is 0 Å². The topological polar surface area (TPSA) is 106 Å². The second kappa shape index (κ2) is 11.2. The van der Waals surface area contributed by atoms with Crippen LogP contribution in [0.1, 0.15) is 55.3 Å². The molecule has 0 bridgehead atoms. The molecule has 0 aromatic heterocycles. The summed E-state index contributed by atoms with van der Waals surface area (Å²) in [7, 11) is 3.37. The Morgan fingerprint density at radius 3 is 2.74 bits per heavy atom. The normalized spacial score (nSPS) is 24.9. The van der Waals surface area contributed by atoms with Crippen molar-refractivity contribution in [2.75, 3.05) is 39.2 Å². The lowest BCUT2D eigenvalue weighted by Crippen LogP contribution is -2.54. The molecule has 2 heterocycles. The highest BCUT2D eigenvalue weighted by Crippen LogP contribution is 2.33. The van der Waals surface area contributed by atoms with Crippen LogP contribution < -0.4 is 15.4 Å². The summed E-state index contributed by atoms with van der Waals surface area (Å²) in [5.41, 5.74) is 1.04. The molecule has 2 fully saturated rings. The molecule has 1 aromatic rings. The molecule has 3 amide bonds. The van der Waals surface area contributed by atoms with Crippen LogP contribution in [-0.4, -0.2) is 74.8 Å². The van der Waals surface area contributed by atoms with Crippen LogP contribution in [0.3, 0.4) is 0 Å². The van der Waals surface area contributed by atoms with E-state index in [1.165, 1.54) is 0 Å². The van der Waals surface area contributed by atoms with Gasteiger partial charge in [-0.25, -0.2) is 0 Å². The third kappa shape index (κ3) is 5.70. The Morgan fingerprint density at radius 2 is 1.97 bits per heavy atom. The van der Waals surface area contributed by atoms with Crippen LogP contribution in [0.25, 0.3) is 0 Å². The molecule has 9 heteroatoms. The summed E-state index contributed by atoms with van der Waals surface area (Å²) in [6.45, 7) is 1.22. The fraction of sp³-hybridized carbons (Fsp3) is 0.640. The van der Waals surface area contributed by atoms with Crippen molar-refractivity contribution >= 4 is 23.4 Å². The maximum absolute atomic E-state index is 13.3. The number of rotatable bonds is 7. The minimum absolute atomic E-state index is 0.0167. The monoisotopic (exact) mass is 473 g/mol. The van der Waals surface area contributed by atoms with Gasteiger partial charge in [-0.15, -0.1) is 0 Å². The Kier molecular flexibility index (Phi) is 8.05. The Hall–Kier alpha value is -2.65. The van der Waals surface area contributed by atoms with Gasteiger partial charge < -0.3 is 29.7 Å². The molecular formula is C25H35N3O6. The molecule has 1 saturated heterocycles. The van der Waals surface area contributed by atoms with Gasteiger partial charge in [0.2, 0.25) is 11.8 Å². The van der Waals surface area contributed by atoms with Gasteiger partial charge in [0, 0.05) is 32.3 Å². The summed E-state index contributed by atoms with van der Waals surface area (Å²) in [5, 5.41) is 5.79. The van der Waals surface area contributed by atoms with Crippen molar-refractivity contribution in [2.24, 2.45) is 5.92 Å². The number of carbonyl (C=O) groups is 3. The zero-order valence-electron chi connectivity index (χ0n) is 20.0.